The molecule has 0 atom stereocenters. The van der Waals surface area contributed by atoms with Crippen molar-refractivity contribution in [3.05, 3.63) is 182 Å². The van der Waals surface area contributed by atoms with Crippen LogP contribution in [-0.4, -0.2) is 11.5 Å². The molecule has 0 amide bonds. The van der Waals surface area contributed by atoms with E-state index < -0.39 is 0 Å². The summed E-state index contributed by atoms with van der Waals surface area (Å²) in [6, 6.07) is 64.7. The Bertz CT molecular complexity index is 2820. The first-order valence-corrected chi connectivity index (χ1v) is 17.8. The van der Waals surface area contributed by atoms with Crippen LogP contribution in [-0.2, 0) is 0 Å². The van der Waals surface area contributed by atoms with Gasteiger partial charge in [-0.1, -0.05) is 140 Å². The summed E-state index contributed by atoms with van der Waals surface area (Å²) in [7, 11) is 0. The lowest BCUT2D eigenvalue weighted by atomic mass is 9.50. The minimum Gasteiger partial charge on any atom is -0.551 e. The second-order valence-corrected chi connectivity index (χ2v) is 13.6. The van der Waals surface area contributed by atoms with Crippen LogP contribution < -0.4 is 20.3 Å². The number of fused-ring (bicyclic) bond motifs is 7. The predicted octanol–water partition coefficient (Wildman–Crippen LogP) is 11.1. The average Bonchev–Trinajstić information content (AvgIpc) is 3.55. The summed E-state index contributed by atoms with van der Waals surface area (Å²) in [6.45, 7) is -0.288. The monoisotopic (exact) mass is 663 g/mol. The zero-order valence-electron chi connectivity index (χ0n) is 28.2. The van der Waals surface area contributed by atoms with Crippen molar-refractivity contribution in [2.75, 3.05) is 0 Å². The first-order chi connectivity index (χ1) is 25.8. The van der Waals surface area contributed by atoms with Crippen LogP contribution in [0.3, 0.4) is 0 Å². The Morgan fingerprint density at radius 2 is 1.00 bits per heavy atom. The van der Waals surface area contributed by atoms with E-state index in [1.54, 1.807) is 0 Å². The third-order valence-electron chi connectivity index (χ3n) is 10.7. The van der Waals surface area contributed by atoms with Crippen LogP contribution in [0, 0.1) is 0 Å². The van der Waals surface area contributed by atoms with Gasteiger partial charge in [-0.3, -0.25) is 0 Å². The van der Waals surface area contributed by atoms with Crippen LogP contribution in [0.5, 0.6) is 17.2 Å². The van der Waals surface area contributed by atoms with E-state index in [9.17, 15) is 0 Å². The number of rotatable bonds is 4. The van der Waals surface area contributed by atoms with E-state index in [-0.39, 0.29) is 6.92 Å². The normalized spacial score (nSPS) is 12.5. The Hall–Kier alpha value is -6.78. The van der Waals surface area contributed by atoms with Crippen molar-refractivity contribution in [3.8, 4) is 67.4 Å². The molecule has 1 aromatic heterocycles. The second-order valence-electron chi connectivity index (χ2n) is 13.6. The highest BCUT2D eigenvalue weighted by Crippen LogP contribution is 2.45. The van der Waals surface area contributed by atoms with E-state index in [0.29, 0.717) is 0 Å². The standard InChI is InChI=1S/C48H30BNO2/c1-2-14-31(15-3-1)34-16-4-5-17-35(34)32-26-27-39-40-28-33(30-47-48(40)49(52-46(39)29-32)41-21-9-13-25-45(41)51-47)36-18-6-10-22-42(36)50-43-23-11-7-19-37(43)38-20-8-12-24-44(38)50/h1-30H. The highest BCUT2D eigenvalue weighted by Gasteiger charge is 2.41. The molecule has 0 aliphatic carbocycles. The van der Waals surface area contributed by atoms with Crippen LogP contribution in [0.25, 0.3) is 72.0 Å². The molecule has 0 fully saturated rings. The van der Waals surface area contributed by atoms with Gasteiger partial charge in [-0.05, 0) is 75.8 Å². The maximum Gasteiger partial charge on any atom is 0.434 e. The maximum absolute atomic E-state index is 7.01. The van der Waals surface area contributed by atoms with Crippen LogP contribution in [0.2, 0.25) is 0 Å². The zero-order valence-corrected chi connectivity index (χ0v) is 28.2. The minimum absolute atomic E-state index is 0.288. The number of benzene rings is 8. The molecule has 52 heavy (non-hydrogen) atoms. The van der Waals surface area contributed by atoms with E-state index in [1.165, 1.54) is 38.5 Å². The van der Waals surface area contributed by atoms with E-state index in [2.05, 4.69) is 174 Å². The molecule has 0 radical (unpaired) electrons. The number of hydrogen-bond donors (Lipinski definition) is 0. The number of nitrogens with zero attached hydrogens (tertiary/aromatic N) is 1. The SMILES string of the molecule is c1ccc(-c2ccccc2-c2ccc3c(c2)OB2c4ccccc4Oc4cc(-c5ccccc5-n5c6ccccc6c6ccccc65)cc-3c42)cc1. The summed E-state index contributed by atoms with van der Waals surface area (Å²) in [6.07, 6.45) is 0. The second kappa shape index (κ2) is 11.4. The molecule has 0 bridgehead atoms. The molecule has 4 heteroatoms. The van der Waals surface area contributed by atoms with Crippen molar-refractivity contribution in [3.63, 3.8) is 0 Å². The molecule has 0 saturated carbocycles. The lowest BCUT2D eigenvalue weighted by molar-refractivity contribution is 0.479. The fraction of sp³-hybridized carbons (Fsp3) is 0. The van der Waals surface area contributed by atoms with Gasteiger partial charge in [0.05, 0.1) is 16.7 Å². The Kier molecular flexibility index (Phi) is 6.35. The molecule has 3 heterocycles. The molecule has 11 rings (SSSR count). The summed E-state index contributed by atoms with van der Waals surface area (Å²) < 4.78 is 16.2. The van der Waals surface area contributed by atoms with Crippen molar-refractivity contribution in [2.24, 2.45) is 0 Å². The fourth-order valence-electron chi connectivity index (χ4n) is 8.38. The van der Waals surface area contributed by atoms with Gasteiger partial charge in [0.1, 0.15) is 17.2 Å². The van der Waals surface area contributed by atoms with Crippen molar-refractivity contribution in [1.29, 1.82) is 0 Å². The van der Waals surface area contributed by atoms with Gasteiger partial charge >= 0.3 is 6.92 Å². The van der Waals surface area contributed by atoms with Crippen LogP contribution >= 0.6 is 0 Å². The number of ether oxygens (including phenoxy) is 1. The lowest BCUT2D eigenvalue weighted by Gasteiger charge is -2.33. The summed E-state index contributed by atoms with van der Waals surface area (Å²) in [4.78, 5) is 0. The van der Waals surface area contributed by atoms with Crippen molar-refractivity contribution in [2.45, 2.75) is 0 Å². The van der Waals surface area contributed by atoms with Gasteiger partial charge in [0.2, 0.25) is 0 Å². The van der Waals surface area contributed by atoms with Gasteiger partial charge in [-0.15, -0.1) is 0 Å². The Morgan fingerprint density at radius 3 is 1.79 bits per heavy atom. The summed E-state index contributed by atoms with van der Waals surface area (Å²) in [5.74, 6) is 2.53. The highest BCUT2D eigenvalue weighted by molar-refractivity contribution is 6.84. The zero-order chi connectivity index (χ0) is 34.2. The van der Waals surface area contributed by atoms with Gasteiger partial charge in [-0.2, -0.15) is 0 Å². The first kappa shape index (κ1) is 29.0. The molecular formula is C48H30BNO2. The Balaban J connectivity index is 1.13. The third kappa shape index (κ3) is 4.34. The molecule has 2 aliphatic heterocycles. The maximum atomic E-state index is 7.01. The quantitative estimate of drug-likeness (QED) is 0.175. The molecule has 3 nitrogen and oxygen atoms in total. The van der Waals surface area contributed by atoms with Gasteiger partial charge in [0.15, 0.2) is 0 Å². The van der Waals surface area contributed by atoms with E-state index in [0.717, 1.165) is 61.7 Å². The van der Waals surface area contributed by atoms with Gasteiger partial charge in [-0.25, -0.2) is 0 Å². The largest absolute Gasteiger partial charge is 0.551 e. The number of aromatic nitrogens is 1. The van der Waals surface area contributed by atoms with Crippen LogP contribution in [0.1, 0.15) is 0 Å². The van der Waals surface area contributed by atoms with Gasteiger partial charge < -0.3 is 14.0 Å². The summed E-state index contributed by atoms with van der Waals surface area (Å²) >= 11 is 0. The van der Waals surface area contributed by atoms with E-state index >= 15 is 0 Å². The fourth-order valence-corrected chi connectivity index (χ4v) is 8.38. The molecule has 0 N–H and O–H groups in total. The number of hydrogen-bond acceptors (Lipinski definition) is 2. The molecule has 242 valence electrons. The van der Waals surface area contributed by atoms with E-state index in [1.807, 2.05) is 12.1 Å². The Morgan fingerprint density at radius 1 is 0.385 bits per heavy atom. The molecular weight excluding hydrogens is 633 g/mol. The molecule has 0 unspecified atom stereocenters. The summed E-state index contributed by atoms with van der Waals surface area (Å²) in [5, 5.41) is 2.49. The van der Waals surface area contributed by atoms with Crippen LogP contribution in [0.15, 0.2) is 182 Å². The number of para-hydroxylation sites is 4. The third-order valence-corrected chi connectivity index (χ3v) is 10.7. The van der Waals surface area contributed by atoms with Crippen LogP contribution in [0.4, 0.5) is 0 Å². The van der Waals surface area contributed by atoms with Crippen molar-refractivity contribution in [1.82, 2.24) is 4.57 Å². The summed E-state index contributed by atoms with van der Waals surface area (Å²) in [5.41, 5.74) is 14.7. The van der Waals surface area contributed by atoms with Gasteiger partial charge in [0.25, 0.3) is 0 Å². The first-order valence-electron chi connectivity index (χ1n) is 17.8. The topological polar surface area (TPSA) is 23.4 Å². The Labute approximate surface area is 302 Å². The average molecular weight is 664 g/mol. The smallest absolute Gasteiger partial charge is 0.434 e. The predicted molar refractivity (Wildman–Crippen MR) is 215 cm³/mol. The van der Waals surface area contributed by atoms with E-state index in [4.69, 9.17) is 9.39 Å². The highest BCUT2D eigenvalue weighted by atomic mass is 16.5. The molecule has 0 spiro atoms. The van der Waals surface area contributed by atoms with Gasteiger partial charge in [0, 0.05) is 32.8 Å². The molecule has 8 aromatic carbocycles. The molecule has 9 aromatic rings. The lowest BCUT2D eigenvalue weighted by Crippen LogP contribution is -2.53. The molecule has 0 saturated heterocycles. The van der Waals surface area contributed by atoms with Crippen molar-refractivity contribution >= 4 is 39.6 Å². The van der Waals surface area contributed by atoms with Crippen molar-refractivity contribution < 1.29 is 9.39 Å². The minimum atomic E-state index is -0.288. The molecule has 2 aliphatic rings.